The van der Waals surface area contributed by atoms with Gasteiger partial charge in [0.25, 0.3) is 0 Å². The van der Waals surface area contributed by atoms with Crippen LogP contribution in [0.3, 0.4) is 0 Å². The summed E-state index contributed by atoms with van der Waals surface area (Å²) < 4.78 is 5.94. The standard InChI is InChI=1S/C17H20N2O/c1-11-8-12(2)19-10-16(11)15-5-3-4-14-13(9-18)6-7-20-17(14)15/h3-5,8,10,13H,6-7,9,18H2,1-2H3/t13-/m0/s1. The molecule has 0 fully saturated rings. The summed E-state index contributed by atoms with van der Waals surface area (Å²) in [6, 6.07) is 8.44. The quantitative estimate of drug-likeness (QED) is 0.910. The third-order valence-electron chi connectivity index (χ3n) is 4.02. The summed E-state index contributed by atoms with van der Waals surface area (Å²) in [6.07, 6.45) is 2.94. The Kier molecular flexibility index (Phi) is 3.45. The third-order valence-corrected chi connectivity index (χ3v) is 4.02. The molecule has 0 spiro atoms. The first kappa shape index (κ1) is 13.1. The molecular formula is C17H20N2O. The van der Waals surface area contributed by atoms with Gasteiger partial charge in [-0.05, 0) is 44.0 Å². The number of ether oxygens (including phenoxy) is 1. The van der Waals surface area contributed by atoms with Crippen LogP contribution in [0, 0.1) is 13.8 Å². The van der Waals surface area contributed by atoms with Crippen LogP contribution in [0.15, 0.2) is 30.5 Å². The summed E-state index contributed by atoms with van der Waals surface area (Å²) >= 11 is 0. The van der Waals surface area contributed by atoms with Crippen molar-refractivity contribution < 1.29 is 4.74 Å². The van der Waals surface area contributed by atoms with Crippen LogP contribution in [0.2, 0.25) is 0 Å². The van der Waals surface area contributed by atoms with E-state index in [0.717, 1.165) is 35.6 Å². The summed E-state index contributed by atoms with van der Waals surface area (Å²) in [5.41, 5.74) is 11.7. The van der Waals surface area contributed by atoms with Crippen molar-refractivity contribution in [2.45, 2.75) is 26.2 Å². The van der Waals surface area contributed by atoms with E-state index in [0.29, 0.717) is 12.5 Å². The van der Waals surface area contributed by atoms with Crippen LogP contribution in [0.1, 0.15) is 29.2 Å². The molecule has 0 aliphatic carbocycles. The van der Waals surface area contributed by atoms with Crippen molar-refractivity contribution in [2.75, 3.05) is 13.2 Å². The van der Waals surface area contributed by atoms with E-state index in [1.807, 2.05) is 13.1 Å². The zero-order valence-corrected chi connectivity index (χ0v) is 12.0. The Morgan fingerprint density at radius 3 is 2.90 bits per heavy atom. The minimum Gasteiger partial charge on any atom is -0.493 e. The highest BCUT2D eigenvalue weighted by molar-refractivity contribution is 5.74. The Labute approximate surface area is 119 Å². The molecule has 3 rings (SSSR count). The molecule has 0 amide bonds. The second-order valence-corrected chi connectivity index (χ2v) is 5.43. The maximum Gasteiger partial charge on any atom is 0.130 e. The highest BCUT2D eigenvalue weighted by Gasteiger charge is 2.23. The molecule has 3 nitrogen and oxygen atoms in total. The Morgan fingerprint density at radius 2 is 2.15 bits per heavy atom. The predicted molar refractivity (Wildman–Crippen MR) is 81.1 cm³/mol. The minimum absolute atomic E-state index is 0.400. The van der Waals surface area contributed by atoms with E-state index < -0.39 is 0 Å². The van der Waals surface area contributed by atoms with Gasteiger partial charge in [0.1, 0.15) is 5.75 Å². The van der Waals surface area contributed by atoms with Gasteiger partial charge in [0.2, 0.25) is 0 Å². The number of aromatic nitrogens is 1. The zero-order valence-electron chi connectivity index (χ0n) is 12.0. The van der Waals surface area contributed by atoms with Gasteiger partial charge in [0.05, 0.1) is 6.61 Å². The number of nitrogens with zero attached hydrogens (tertiary/aromatic N) is 1. The summed E-state index contributed by atoms with van der Waals surface area (Å²) in [7, 11) is 0. The van der Waals surface area contributed by atoms with Crippen molar-refractivity contribution >= 4 is 0 Å². The summed E-state index contributed by atoms with van der Waals surface area (Å²) in [4.78, 5) is 4.42. The summed E-state index contributed by atoms with van der Waals surface area (Å²) in [6.45, 7) is 5.54. The number of aryl methyl sites for hydroxylation is 2. The monoisotopic (exact) mass is 268 g/mol. The molecular weight excluding hydrogens is 248 g/mol. The van der Waals surface area contributed by atoms with Crippen LogP contribution in [0.4, 0.5) is 0 Å². The van der Waals surface area contributed by atoms with Crippen LogP contribution < -0.4 is 10.5 Å². The lowest BCUT2D eigenvalue weighted by molar-refractivity contribution is 0.270. The average molecular weight is 268 g/mol. The fourth-order valence-electron chi connectivity index (χ4n) is 2.93. The first-order chi connectivity index (χ1) is 9.70. The molecule has 20 heavy (non-hydrogen) atoms. The fraction of sp³-hybridized carbons (Fsp3) is 0.353. The Hall–Kier alpha value is -1.87. The summed E-state index contributed by atoms with van der Waals surface area (Å²) in [5, 5.41) is 0. The molecule has 0 radical (unpaired) electrons. The number of pyridine rings is 1. The predicted octanol–water partition coefficient (Wildman–Crippen LogP) is 3.19. The lowest BCUT2D eigenvalue weighted by atomic mass is 9.89. The second kappa shape index (κ2) is 5.25. The molecule has 1 atom stereocenters. The van der Waals surface area contributed by atoms with E-state index in [2.05, 4.69) is 36.2 Å². The van der Waals surface area contributed by atoms with E-state index in [4.69, 9.17) is 10.5 Å². The Morgan fingerprint density at radius 1 is 1.30 bits per heavy atom. The topological polar surface area (TPSA) is 48.1 Å². The first-order valence-electron chi connectivity index (χ1n) is 7.10. The van der Waals surface area contributed by atoms with Gasteiger partial charge in [0.15, 0.2) is 0 Å². The van der Waals surface area contributed by atoms with Crippen LogP contribution >= 0.6 is 0 Å². The third kappa shape index (κ3) is 2.18. The fourth-order valence-corrected chi connectivity index (χ4v) is 2.93. The smallest absolute Gasteiger partial charge is 0.130 e. The van der Waals surface area contributed by atoms with Gasteiger partial charge < -0.3 is 10.5 Å². The molecule has 0 saturated carbocycles. The van der Waals surface area contributed by atoms with Crippen molar-refractivity contribution in [1.29, 1.82) is 0 Å². The Bertz CT molecular complexity index is 637. The van der Waals surface area contributed by atoms with Crippen LogP contribution in [-0.2, 0) is 0 Å². The molecule has 1 aliphatic rings. The lowest BCUT2D eigenvalue weighted by Crippen LogP contribution is -2.21. The van der Waals surface area contributed by atoms with Crippen molar-refractivity contribution in [3.8, 4) is 16.9 Å². The SMILES string of the molecule is Cc1cc(C)c(-c2cccc3c2OCC[C@H]3CN)cn1. The van der Waals surface area contributed by atoms with Crippen LogP contribution in [0.25, 0.3) is 11.1 Å². The molecule has 0 bridgehead atoms. The number of nitrogens with two attached hydrogens (primary N) is 1. The first-order valence-corrected chi connectivity index (χ1v) is 7.10. The zero-order chi connectivity index (χ0) is 14.1. The minimum atomic E-state index is 0.400. The van der Waals surface area contributed by atoms with Crippen molar-refractivity contribution in [2.24, 2.45) is 5.73 Å². The van der Waals surface area contributed by atoms with E-state index in [1.54, 1.807) is 0 Å². The normalized spacial score (nSPS) is 17.4. The Balaban J connectivity index is 2.15. The maximum absolute atomic E-state index is 5.94. The van der Waals surface area contributed by atoms with Gasteiger partial charge >= 0.3 is 0 Å². The summed E-state index contributed by atoms with van der Waals surface area (Å²) in [5.74, 6) is 1.39. The molecule has 2 N–H and O–H groups in total. The van der Waals surface area contributed by atoms with Gasteiger partial charge in [-0.1, -0.05) is 18.2 Å². The second-order valence-electron chi connectivity index (χ2n) is 5.43. The van der Waals surface area contributed by atoms with E-state index in [1.165, 1.54) is 11.1 Å². The highest BCUT2D eigenvalue weighted by Crippen LogP contribution is 2.41. The van der Waals surface area contributed by atoms with Gasteiger partial charge in [-0.25, -0.2) is 0 Å². The van der Waals surface area contributed by atoms with Gasteiger partial charge in [0, 0.05) is 28.9 Å². The van der Waals surface area contributed by atoms with E-state index in [-0.39, 0.29) is 0 Å². The van der Waals surface area contributed by atoms with Crippen molar-refractivity contribution in [3.05, 3.63) is 47.3 Å². The maximum atomic E-state index is 5.94. The van der Waals surface area contributed by atoms with Crippen LogP contribution in [0.5, 0.6) is 5.75 Å². The molecule has 1 aliphatic heterocycles. The number of hydrogen-bond donors (Lipinski definition) is 1. The number of hydrogen-bond acceptors (Lipinski definition) is 3. The van der Waals surface area contributed by atoms with E-state index in [9.17, 15) is 0 Å². The molecule has 0 unspecified atom stereocenters. The molecule has 1 aromatic carbocycles. The number of fused-ring (bicyclic) bond motifs is 1. The van der Waals surface area contributed by atoms with E-state index >= 15 is 0 Å². The average Bonchev–Trinajstić information content (AvgIpc) is 2.46. The highest BCUT2D eigenvalue weighted by atomic mass is 16.5. The van der Waals surface area contributed by atoms with Crippen molar-refractivity contribution in [1.82, 2.24) is 4.98 Å². The molecule has 3 heteroatoms. The molecule has 104 valence electrons. The molecule has 2 aromatic rings. The number of rotatable bonds is 2. The largest absolute Gasteiger partial charge is 0.493 e. The number of para-hydroxylation sites is 1. The van der Waals surface area contributed by atoms with Crippen LogP contribution in [-0.4, -0.2) is 18.1 Å². The molecule has 2 heterocycles. The lowest BCUT2D eigenvalue weighted by Gasteiger charge is -2.27. The van der Waals surface area contributed by atoms with Crippen molar-refractivity contribution in [3.63, 3.8) is 0 Å². The van der Waals surface area contributed by atoms with Gasteiger partial charge in [-0.15, -0.1) is 0 Å². The van der Waals surface area contributed by atoms with Gasteiger partial charge in [-0.2, -0.15) is 0 Å². The number of benzene rings is 1. The molecule has 0 saturated heterocycles. The van der Waals surface area contributed by atoms with Gasteiger partial charge in [-0.3, -0.25) is 4.98 Å². The molecule has 1 aromatic heterocycles.